The molecule has 0 saturated heterocycles. The van der Waals surface area contributed by atoms with Crippen LogP contribution in [0.25, 0.3) is 0 Å². The zero-order valence-corrected chi connectivity index (χ0v) is 9.87. The standard InChI is InChI=1S/C11H14O4S/c1-15-11(12)7-8-16(13,14)9-10-5-3-2-4-6-10/h2-6H,7-9H2,1H3. The van der Waals surface area contributed by atoms with Crippen LogP contribution < -0.4 is 0 Å². The molecule has 0 aliphatic carbocycles. The van der Waals surface area contributed by atoms with Gasteiger partial charge < -0.3 is 4.74 Å². The van der Waals surface area contributed by atoms with Gasteiger partial charge in [0, 0.05) is 0 Å². The largest absolute Gasteiger partial charge is 0.469 e. The molecule has 1 aromatic carbocycles. The molecule has 0 heterocycles. The number of methoxy groups -OCH3 is 1. The van der Waals surface area contributed by atoms with Crippen LogP contribution in [0.5, 0.6) is 0 Å². The smallest absolute Gasteiger partial charge is 0.306 e. The molecule has 0 unspecified atom stereocenters. The lowest BCUT2D eigenvalue weighted by Crippen LogP contribution is -2.13. The van der Waals surface area contributed by atoms with Crippen molar-refractivity contribution in [3.05, 3.63) is 35.9 Å². The Hall–Kier alpha value is -1.36. The Kier molecular flexibility index (Phi) is 4.49. The Balaban J connectivity index is 2.56. The van der Waals surface area contributed by atoms with E-state index in [-0.39, 0.29) is 17.9 Å². The van der Waals surface area contributed by atoms with Crippen molar-refractivity contribution in [2.24, 2.45) is 0 Å². The number of rotatable bonds is 5. The van der Waals surface area contributed by atoms with E-state index in [1.54, 1.807) is 24.3 Å². The molecule has 88 valence electrons. The second kappa shape index (κ2) is 5.65. The van der Waals surface area contributed by atoms with E-state index >= 15 is 0 Å². The van der Waals surface area contributed by atoms with Gasteiger partial charge in [-0.2, -0.15) is 0 Å². The predicted octanol–water partition coefficient (Wildman–Crippen LogP) is 1.16. The van der Waals surface area contributed by atoms with Gasteiger partial charge in [0.25, 0.3) is 0 Å². The number of hydrogen-bond donors (Lipinski definition) is 0. The van der Waals surface area contributed by atoms with Gasteiger partial charge in [0.15, 0.2) is 9.84 Å². The molecule has 0 atom stereocenters. The molecule has 0 aliphatic rings. The molecule has 0 saturated carbocycles. The highest BCUT2D eigenvalue weighted by atomic mass is 32.2. The SMILES string of the molecule is COC(=O)CCS(=O)(=O)Cc1ccccc1. The van der Waals surface area contributed by atoms with Gasteiger partial charge >= 0.3 is 5.97 Å². The first-order valence-corrected chi connectivity index (χ1v) is 6.67. The molecular formula is C11H14O4S. The van der Waals surface area contributed by atoms with Crippen molar-refractivity contribution >= 4 is 15.8 Å². The molecule has 1 aromatic rings. The van der Waals surface area contributed by atoms with E-state index < -0.39 is 15.8 Å². The third kappa shape index (κ3) is 4.44. The van der Waals surface area contributed by atoms with E-state index in [0.717, 1.165) is 5.56 Å². The number of ether oxygens (including phenoxy) is 1. The highest BCUT2D eigenvalue weighted by Crippen LogP contribution is 2.07. The van der Waals surface area contributed by atoms with Crippen molar-refractivity contribution in [3.8, 4) is 0 Å². The highest BCUT2D eigenvalue weighted by Gasteiger charge is 2.14. The Morgan fingerprint density at radius 1 is 1.25 bits per heavy atom. The molecule has 0 N–H and O–H groups in total. The number of esters is 1. The Labute approximate surface area is 95.2 Å². The van der Waals surface area contributed by atoms with E-state index in [1.807, 2.05) is 6.07 Å². The van der Waals surface area contributed by atoms with Crippen LogP contribution in [0.1, 0.15) is 12.0 Å². The first-order chi connectivity index (χ1) is 7.53. The van der Waals surface area contributed by atoms with Crippen LogP contribution in [0.2, 0.25) is 0 Å². The van der Waals surface area contributed by atoms with Gasteiger partial charge in [0.2, 0.25) is 0 Å². The van der Waals surface area contributed by atoms with Crippen molar-refractivity contribution in [1.29, 1.82) is 0 Å². The quantitative estimate of drug-likeness (QED) is 0.727. The average molecular weight is 242 g/mol. The van der Waals surface area contributed by atoms with Crippen LogP contribution in [0.4, 0.5) is 0 Å². The summed E-state index contributed by atoms with van der Waals surface area (Å²) in [6.07, 6.45) is -0.0916. The fraction of sp³-hybridized carbons (Fsp3) is 0.364. The third-order valence-corrected chi connectivity index (χ3v) is 3.67. The van der Waals surface area contributed by atoms with E-state index in [9.17, 15) is 13.2 Å². The molecule has 5 heteroatoms. The summed E-state index contributed by atoms with van der Waals surface area (Å²) < 4.78 is 27.6. The van der Waals surface area contributed by atoms with Gasteiger partial charge in [-0.15, -0.1) is 0 Å². The summed E-state index contributed by atoms with van der Waals surface area (Å²) in [4.78, 5) is 10.8. The van der Waals surface area contributed by atoms with Crippen molar-refractivity contribution in [2.45, 2.75) is 12.2 Å². The fourth-order valence-corrected chi connectivity index (χ4v) is 2.56. The molecule has 4 nitrogen and oxygen atoms in total. The molecule has 16 heavy (non-hydrogen) atoms. The summed E-state index contributed by atoms with van der Waals surface area (Å²) in [7, 11) is -2.00. The monoisotopic (exact) mass is 242 g/mol. The van der Waals surface area contributed by atoms with Crippen molar-refractivity contribution in [3.63, 3.8) is 0 Å². The molecule has 0 fully saturated rings. The maximum Gasteiger partial charge on any atom is 0.306 e. The van der Waals surface area contributed by atoms with E-state index in [4.69, 9.17) is 0 Å². The molecule has 0 radical (unpaired) electrons. The molecular weight excluding hydrogens is 228 g/mol. The highest BCUT2D eigenvalue weighted by molar-refractivity contribution is 7.90. The van der Waals surface area contributed by atoms with Gasteiger partial charge in [-0.25, -0.2) is 8.42 Å². The van der Waals surface area contributed by atoms with Gasteiger partial charge in [0.05, 0.1) is 25.0 Å². The van der Waals surface area contributed by atoms with Gasteiger partial charge in [-0.3, -0.25) is 4.79 Å². The maximum absolute atomic E-state index is 11.6. The zero-order valence-electron chi connectivity index (χ0n) is 9.05. The Morgan fingerprint density at radius 2 is 1.88 bits per heavy atom. The molecule has 0 bridgehead atoms. The molecule has 0 amide bonds. The fourth-order valence-electron chi connectivity index (χ4n) is 1.24. The number of hydrogen-bond acceptors (Lipinski definition) is 4. The summed E-state index contributed by atoms with van der Waals surface area (Å²) >= 11 is 0. The topological polar surface area (TPSA) is 60.4 Å². The minimum atomic E-state index is -3.24. The maximum atomic E-state index is 11.6. The minimum Gasteiger partial charge on any atom is -0.469 e. The predicted molar refractivity (Wildman–Crippen MR) is 60.6 cm³/mol. The summed E-state index contributed by atoms with van der Waals surface area (Å²) in [6.45, 7) is 0. The third-order valence-electron chi connectivity index (χ3n) is 2.07. The number of carbonyl (C=O) groups is 1. The average Bonchev–Trinajstić information content (AvgIpc) is 2.27. The van der Waals surface area contributed by atoms with Crippen LogP contribution in [-0.2, 0) is 25.1 Å². The van der Waals surface area contributed by atoms with Crippen LogP contribution in [-0.4, -0.2) is 27.2 Å². The van der Waals surface area contributed by atoms with Crippen LogP contribution >= 0.6 is 0 Å². The Morgan fingerprint density at radius 3 is 2.44 bits per heavy atom. The summed E-state index contributed by atoms with van der Waals surface area (Å²) in [5.74, 6) is -0.712. The van der Waals surface area contributed by atoms with Gasteiger partial charge in [0.1, 0.15) is 0 Å². The number of carbonyl (C=O) groups excluding carboxylic acids is 1. The van der Waals surface area contributed by atoms with Crippen LogP contribution in [0.15, 0.2) is 30.3 Å². The second-order valence-electron chi connectivity index (χ2n) is 3.40. The summed E-state index contributed by atoms with van der Waals surface area (Å²) in [5, 5.41) is 0. The van der Waals surface area contributed by atoms with Gasteiger partial charge in [-0.05, 0) is 5.56 Å². The minimum absolute atomic E-state index is 0.0369. The lowest BCUT2D eigenvalue weighted by molar-refractivity contribution is -0.140. The summed E-state index contributed by atoms with van der Waals surface area (Å²) in [6, 6.07) is 8.88. The second-order valence-corrected chi connectivity index (χ2v) is 5.59. The van der Waals surface area contributed by atoms with Crippen molar-refractivity contribution in [2.75, 3.05) is 12.9 Å². The number of benzene rings is 1. The van der Waals surface area contributed by atoms with E-state index in [0.29, 0.717) is 0 Å². The zero-order chi connectivity index (χ0) is 12.0. The summed E-state index contributed by atoms with van der Waals surface area (Å²) in [5.41, 5.74) is 0.729. The van der Waals surface area contributed by atoms with E-state index in [2.05, 4.69) is 4.74 Å². The lowest BCUT2D eigenvalue weighted by Gasteiger charge is -2.03. The van der Waals surface area contributed by atoms with Crippen molar-refractivity contribution in [1.82, 2.24) is 0 Å². The first-order valence-electron chi connectivity index (χ1n) is 4.84. The van der Waals surface area contributed by atoms with Crippen LogP contribution in [0, 0.1) is 0 Å². The molecule has 0 aliphatic heterocycles. The molecule has 1 rings (SSSR count). The number of sulfone groups is 1. The first kappa shape index (κ1) is 12.7. The molecule has 0 spiro atoms. The van der Waals surface area contributed by atoms with Gasteiger partial charge in [-0.1, -0.05) is 30.3 Å². The normalized spacial score (nSPS) is 11.1. The van der Waals surface area contributed by atoms with E-state index in [1.165, 1.54) is 7.11 Å². The van der Waals surface area contributed by atoms with Crippen LogP contribution in [0.3, 0.4) is 0 Å². The van der Waals surface area contributed by atoms with Crippen molar-refractivity contribution < 1.29 is 17.9 Å². The molecule has 0 aromatic heterocycles. The lowest BCUT2D eigenvalue weighted by atomic mass is 10.2. The Bertz CT molecular complexity index is 436.